The lowest BCUT2D eigenvalue weighted by molar-refractivity contribution is 0.666. The van der Waals surface area contributed by atoms with Gasteiger partial charge in [-0.2, -0.15) is 0 Å². The Hall–Kier alpha value is -5.12. The molecular weight excluding hydrogens is 553 g/mol. The van der Waals surface area contributed by atoms with Crippen LogP contribution in [0.5, 0.6) is 0 Å². The molecule has 208 valence electrons. The lowest BCUT2D eigenvalue weighted by atomic mass is 9.81. The van der Waals surface area contributed by atoms with Crippen molar-refractivity contribution in [3.05, 3.63) is 139 Å². The third-order valence-corrected chi connectivity index (χ3v) is 11.1. The highest BCUT2D eigenvalue weighted by molar-refractivity contribution is 7.26. The first-order chi connectivity index (χ1) is 21.6. The quantitative estimate of drug-likeness (QED) is 0.210. The fourth-order valence-electron chi connectivity index (χ4n) is 7.93. The maximum Gasteiger partial charge on any atom is 0.0585 e. The first-order valence-corrected chi connectivity index (χ1v) is 16.1. The summed E-state index contributed by atoms with van der Waals surface area (Å²) >= 11 is 1.89. The fourth-order valence-corrected chi connectivity index (χ4v) is 9.16. The molecule has 1 aliphatic rings. The Morgan fingerprint density at radius 1 is 0.591 bits per heavy atom. The molecular formula is C41H28N2S. The molecule has 0 atom stereocenters. The molecule has 3 aromatic heterocycles. The predicted octanol–water partition coefficient (Wildman–Crippen LogP) is 11.6. The van der Waals surface area contributed by atoms with Crippen LogP contribution in [-0.2, 0) is 5.41 Å². The number of rotatable bonds is 2. The lowest BCUT2D eigenvalue weighted by Gasteiger charge is -2.21. The summed E-state index contributed by atoms with van der Waals surface area (Å²) in [6.45, 7) is 4.76. The van der Waals surface area contributed by atoms with E-state index in [4.69, 9.17) is 0 Å². The maximum absolute atomic E-state index is 3.79. The summed E-state index contributed by atoms with van der Waals surface area (Å²) in [5.74, 6) is 0. The van der Waals surface area contributed by atoms with Gasteiger partial charge in [0.1, 0.15) is 0 Å². The molecule has 0 saturated carbocycles. The van der Waals surface area contributed by atoms with Gasteiger partial charge in [0.25, 0.3) is 0 Å². The van der Waals surface area contributed by atoms with Crippen LogP contribution < -0.4 is 0 Å². The number of aromatic amines is 1. The molecule has 2 nitrogen and oxygen atoms in total. The van der Waals surface area contributed by atoms with E-state index < -0.39 is 0 Å². The molecule has 0 aliphatic heterocycles. The monoisotopic (exact) mass is 580 g/mol. The van der Waals surface area contributed by atoms with Crippen LogP contribution in [0.25, 0.3) is 81.0 Å². The Labute approximate surface area is 258 Å². The Bertz CT molecular complexity index is 2630. The summed E-state index contributed by atoms with van der Waals surface area (Å²) in [6, 6.07) is 47.0. The van der Waals surface area contributed by atoms with Crippen LogP contribution in [0, 0.1) is 0 Å². The van der Waals surface area contributed by atoms with Gasteiger partial charge in [0.2, 0.25) is 0 Å². The number of fused-ring (bicyclic) bond motifs is 11. The molecule has 10 rings (SSSR count). The van der Waals surface area contributed by atoms with E-state index >= 15 is 0 Å². The largest absolute Gasteiger partial charge is 0.354 e. The molecule has 0 bridgehead atoms. The van der Waals surface area contributed by atoms with E-state index in [1.807, 2.05) is 11.3 Å². The number of H-pyrrole nitrogens is 1. The van der Waals surface area contributed by atoms with Gasteiger partial charge in [0.05, 0.1) is 11.2 Å². The number of para-hydroxylation sites is 1. The molecule has 3 heterocycles. The van der Waals surface area contributed by atoms with E-state index in [0.29, 0.717) is 0 Å². The van der Waals surface area contributed by atoms with Crippen molar-refractivity contribution in [3.8, 4) is 28.1 Å². The molecule has 0 fully saturated rings. The van der Waals surface area contributed by atoms with Crippen molar-refractivity contribution >= 4 is 64.2 Å². The standard InChI is InChI=1S/C41H28N2S/c1-41(2)33-17-8-6-14-29(33)39-38(41)32-22-35-31(23-36(32)43(39)25-11-4-3-5-12-25)30-21-24(19-20-34(30)42-35)26-15-10-16-28-27-13-7-9-18-37(27)44-40(26)28/h3-23,42H,1-2H3. The van der Waals surface area contributed by atoms with Crippen LogP contribution in [0.15, 0.2) is 127 Å². The topological polar surface area (TPSA) is 20.7 Å². The van der Waals surface area contributed by atoms with Crippen molar-refractivity contribution in [2.45, 2.75) is 19.3 Å². The van der Waals surface area contributed by atoms with Crippen molar-refractivity contribution < 1.29 is 0 Å². The van der Waals surface area contributed by atoms with E-state index in [0.717, 1.165) is 0 Å². The van der Waals surface area contributed by atoms with Gasteiger partial charge in [-0.3, -0.25) is 0 Å². The third kappa shape index (κ3) is 3.09. The Morgan fingerprint density at radius 3 is 2.25 bits per heavy atom. The molecule has 44 heavy (non-hydrogen) atoms. The van der Waals surface area contributed by atoms with Crippen molar-refractivity contribution in [1.29, 1.82) is 0 Å². The minimum Gasteiger partial charge on any atom is -0.354 e. The fraction of sp³-hybridized carbons (Fsp3) is 0.0732. The second-order valence-electron chi connectivity index (χ2n) is 12.6. The average molecular weight is 581 g/mol. The summed E-state index contributed by atoms with van der Waals surface area (Å²) in [5.41, 5.74) is 12.7. The lowest BCUT2D eigenvalue weighted by Crippen LogP contribution is -2.14. The minimum atomic E-state index is -0.0972. The van der Waals surface area contributed by atoms with Crippen LogP contribution in [0.2, 0.25) is 0 Å². The van der Waals surface area contributed by atoms with Crippen molar-refractivity contribution in [3.63, 3.8) is 0 Å². The summed E-state index contributed by atoms with van der Waals surface area (Å²) in [7, 11) is 0. The van der Waals surface area contributed by atoms with E-state index in [1.54, 1.807) is 0 Å². The van der Waals surface area contributed by atoms with Crippen LogP contribution in [-0.4, -0.2) is 9.55 Å². The second kappa shape index (κ2) is 8.49. The Morgan fingerprint density at radius 2 is 1.34 bits per heavy atom. The number of hydrogen-bond acceptors (Lipinski definition) is 1. The van der Waals surface area contributed by atoms with E-state index in [1.165, 1.54) is 92.1 Å². The molecule has 1 aliphatic carbocycles. The highest BCUT2D eigenvalue weighted by Crippen LogP contribution is 2.54. The van der Waals surface area contributed by atoms with Crippen molar-refractivity contribution in [2.24, 2.45) is 0 Å². The molecule has 0 spiro atoms. The average Bonchev–Trinajstić information content (AvgIpc) is 3.77. The first kappa shape index (κ1) is 24.3. The van der Waals surface area contributed by atoms with Crippen LogP contribution in [0.1, 0.15) is 25.0 Å². The molecule has 9 aromatic rings. The number of benzene rings is 6. The number of hydrogen-bond donors (Lipinski definition) is 1. The number of nitrogens with zero attached hydrogens (tertiary/aromatic N) is 1. The molecule has 0 radical (unpaired) electrons. The highest BCUT2D eigenvalue weighted by atomic mass is 32.1. The normalized spacial score (nSPS) is 13.9. The van der Waals surface area contributed by atoms with E-state index in [-0.39, 0.29) is 5.41 Å². The molecule has 0 unspecified atom stereocenters. The van der Waals surface area contributed by atoms with Crippen molar-refractivity contribution in [2.75, 3.05) is 0 Å². The first-order valence-electron chi connectivity index (χ1n) is 15.3. The van der Waals surface area contributed by atoms with Gasteiger partial charge in [0.15, 0.2) is 0 Å². The van der Waals surface area contributed by atoms with Crippen LogP contribution in [0.4, 0.5) is 0 Å². The molecule has 0 amide bonds. The summed E-state index contributed by atoms with van der Waals surface area (Å²) in [5, 5.41) is 6.51. The van der Waals surface area contributed by atoms with Gasteiger partial charge < -0.3 is 9.55 Å². The number of nitrogens with one attached hydrogen (secondary N) is 1. The van der Waals surface area contributed by atoms with Gasteiger partial charge in [-0.15, -0.1) is 11.3 Å². The van der Waals surface area contributed by atoms with Gasteiger partial charge in [0, 0.05) is 64.0 Å². The molecule has 3 heteroatoms. The number of aromatic nitrogens is 2. The van der Waals surface area contributed by atoms with Crippen LogP contribution in [0.3, 0.4) is 0 Å². The minimum absolute atomic E-state index is 0.0972. The molecule has 1 N–H and O–H groups in total. The smallest absolute Gasteiger partial charge is 0.0585 e. The zero-order valence-electron chi connectivity index (χ0n) is 24.5. The third-order valence-electron chi connectivity index (χ3n) is 9.90. The van der Waals surface area contributed by atoms with E-state index in [9.17, 15) is 0 Å². The predicted molar refractivity (Wildman–Crippen MR) is 189 cm³/mol. The van der Waals surface area contributed by atoms with Gasteiger partial charge in [-0.05, 0) is 64.7 Å². The number of thiophene rings is 1. The van der Waals surface area contributed by atoms with Gasteiger partial charge >= 0.3 is 0 Å². The molecule has 6 aromatic carbocycles. The second-order valence-corrected chi connectivity index (χ2v) is 13.7. The maximum atomic E-state index is 3.79. The van der Waals surface area contributed by atoms with Gasteiger partial charge in [-0.25, -0.2) is 0 Å². The van der Waals surface area contributed by atoms with Crippen molar-refractivity contribution in [1.82, 2.24) is 9.55 Å². The zero-order valence-corrected chi connectivity index (χ0v) is 25.3. The molecule has 0 saturated heterocycles. The van der Waals surface area contributed by atoms with E-state index in [2.05, 4.69) is 151 Å². The summed E-state index contributed by atoms with van der Waals surface area (Å²) in [6.07, 6.45) is 0. The Balaban J connectivity index is 1.27. The summed E-state index contributed by atoms with van der Waals surface area (Å²) in [4.78, 5) is 3.79. The highest BCUT2D eigenvalue weighted by Gasteiger charge is 2.40. The Kier molecular flexibility index (Phi) is 4.70. The van der Waals surface area contributed by atoms with Gasteiger partial charge in [-0.1, -0.05) is 98.8 Å². The zero-order chi connectivity index (χ0) is 29.2. The summed E-state index contributed by atoms with van der Waals surface area (Å²) < 4.78 is 5.19. The SMILES string of the molecule is CC1(C)c2ccccc2-c2c1c1cc3[nH]c4ccc(-c5cccc6c5sc5ccccc56)cc4c3cc1n2-c1ccccc1. The van der Waals surface area contributed by atoms with Crippen LogP contribution >= 0.6 is 11.3 Å².